The van der Waals surface area contributed by atoms with Gasteiger partial charge < -0.3 is 0 Å². The monoisotopic (exact) mass is 242 g/mol. The van der Waals surface area contributed by atoms with Gasteiger partial charge in [0.25, 0.3) is 0 Å². The minimum Gasteiger partial charge on any atom is -0.166 e. The molecule has 0 N–H and O–H groups in total. The summed E-state index contributed by atoms with van der Waals surface area (Å²) in [7, 11) is 0. The lowest BCUT2D eigenvalue weighted by molar-refractivity contribution is -0.137. The average molecular weight is 242 g/mol. The molecule has 1 aromatic rings. The maximum absolute atomic E-state index is 12.4. The molecule has 0 radical (unpaired) electrons. The van der Waals surface area contributed by atoms with Crippen LogP contribution >= 0.6 is 0 Å². The zero-order chi connectivity index (χ0) is 13.1. The van der Waals surface area contributed by atoms with Crippen molar-refractivity contribution in [1.82, 2.24) is 0 Å². The van der Waals surface area contributed by atoms with Crippen molar-refractivity contribution < 1.29 is 13.2 Å². The lowest BCUT2D eigenvalue weighted by Gasteiger charge is -2.10. The zero-order valence-electron chi connectivity index (χ0n) is 10.4. The van der Waals surface area contributed by atoms with Gasteiger partial charge in [0.05, 0.1) is 5.56 Å². The summed E-state index contributed by atoms with van der Waals surface area (Å²) in [5, 5.41) is 0. The van der Waals surface area contributed by atoms with E-state index in [2.05, 4.69) is 6.08 Å². The molecule has 0 nitrogen and oxygen atoms in total. The lowest BCUT2D eigenvalue weighted by atomic mass is 10.0. The Kier molecular flexibility index (Phi) is 4.38. The molecular weight excluding hydrogens is 225 g/mol. The van der Waals surface area contributed by atoms with Crippen LogP contribution in [0.15, 0.2) is 29.8 Å². The van der Waals surface area contributed by atoms with Gasteiger partial charge in [0.15, 0.2) is 0 Å². The minimum absolute atomic E-state index is 0.569. The van der Waals surface area contributed by atoms with Gasteiger partial charge >= 0.3 is 6.18 Å². The summed E-state index contributed by atoms with van der Waals surface area (Å²) in [6.07, 6.45) is -0.496. The molecule has 0 saturated heterocycles. The Hall–Kier alpha value is -1.25. The van der Waals surface area contributed by atoms with E-state index in [-0.39, 0.29) is 0 Å². The third-order valence-corrected chi connectivity index (χ3v) is 2.64. The Morgan fingerprint density at radius 2 is 1.88 bits per heavy atom. The number of benzene rings is 1. The van der Waals surface area contributed by atoms with Crippen LogP contribution in [-0.2, 0) is 12.6 Å². The molecule has 0 saturated carbocycles. The van der Waals surface area contributed by atoms with E-state index in [0.29, 0.717) is 5.56 Å². The molecule has 1 aromatic carbocycles. The molecule has 0 fully saturated rings. The van der Waals surface area contributed by atoms with Crippen LogP contribution in [0.5, 0.6) is 0 Å². The van der Waals surface area contributed by atoms with Gasteiger partial charge in [-0.2, -0.15) is 13.2 Å². The predicted octanol–water partition coefficient (Wildman–Crippen LogP) is 4.91. The van der Waals surface area contributed by atoms with Gasteiger partial charge in [0.1, 0.15) is 0 Å². The molecule has 0 atom stereocenters. The Balaban J connectivity index is 2.80. The number of rotatable bonds is 3. The van der Waals surface area contributed by atoms with E-state index in [1.165, 1.54) is 11.6 Å². The van der Waals surface area contributed by atoms with Crippen LogP contribution in [0.4, 0.5) is 13.2 Å². The molecular formula is C14H17F3. The van der Waals surface area contributed by atoms with Crippen LogP contribution in [0.2, 0.25) is 0 Å². The van der Waals surface area contributed by atoms with Crippen molar-refractivity contribution in [3.63, 3.8) is 0 Å². The molecule has 0 aliphatic carbocycles. The number of allylic oxidation sites excluding steroid dienone is 2. The first-order valence-corrected chi connectivity index (χ1v) is 5.61. The minimum atomic E-state index is -4.25. The summed E-state index contributed by atoms with van der Waals surface area (Å²) in [6, 6.07) is 3.96. The van der Waals surface area contributed by atoms with Gasteiger partial charge in [0.2, 0.25) is 0 Å². The van der Waals surface area contributed by atoms with E-state index in [1.807, 2.05) is 13.8 Å². The van der Waals surface area contributed by atoms with E-state index in [0.717, 1.165) is 24.5 Å². The van der Waals surface area contributed by atoms with Crippen LogP contribution in [0, 0.1) is 6.92 Å². The fourth-order valence-electron chi connectivity index (χ4n) is 1.67. The summed E-state index contributed by atoms with van der Waals surface area (Å²) in [4.78, 5) is 0. The number of hydrogen-bond donors (Lipinski definition) is 0. The first-order valence-electron chi connectivity index (χ1n) is 5.61. The van der Waals surface area contributed by atoms with Crippen molar-refractivity contribution in [2.75, 3.05) is 0 Å². The van der Waals surface area contributed by atoms with Crippen molar-refractivity contribution in [3.05, 3.63) is 46.5 Å². The summed E-state index contributed by atoms with van der Waals surface area (Å²) >= 11 is 0. The molecule has 1 rings (SSSR count). The maximum atomic E-state index is 12.4. The summed E-state index contributed by atoms with van der Waals surface area (Å²) < 4.78 is 37.3. The van der Waals surface area contributed by atoms with Crippen molar-refractivity contribution in [1.29, 1.82) is 0 Å². The highest BCUT2D eigenvalue weighted by molar-refractivity contribution is 5.32. The summed E-state index contributed by atoms with van der Waals surface area (Å²) in [5.74, 6) is 0. The van der Waals surface area contributed by atoms with Crippen molar-refractivity contribution in [2.45, 2.75) is 39.8 Å². The van der Waals surface area contributed by atoms with Crippen LogP contribution < -0.4 is 0 Å². The normalized spacial score (nSPS) is 11.4. The predicted molar refractivity (Wildman–Crippen MR) is 63.9 cm³/mol. The molecule has 17 heavy (non-hydrogen) atoms. The molecule has 0 unspecified atom stereocenters. The molecule has 0 aliphatic heterocycles. The molecule has 0 spiro atoms. The lowest BCUT2D eigenvalue weighted by Crippen LogP contribution is -2.05. The molecule has 3 heteroatoms. The van der Waals surface area contributed by atoms with Gasteiger partial charge in [-0.3, -0.25) is 0 Å². The molecule has 0 aromatic heterocycles. The number of hydrogen-bond acceptors (Lipinski definition) is 0. The van der Waals surface area contributed by atoms with E-state index in [9.17, 15) is 13.2 Å². The smallest absolute Gasteiger partial charge is 0.166 e. The maximum Gasteiger partial charge on any atom is 0.416 e. The molecule has 94 valence electrons. The van der Waals surface area contributed by atoms with Gasteiger partial charge in [-0.15, -0.1) is 0 Å². The highest BCUT2D eigenvalue weighted by Gasteiger charge is 2.30. The summed E-state index contributed by atoms with van der Waals surface area (Å²) in [6.45, 7) is 5.76. The van der Waals surface area contributed by atoms with Crippen LogP contribution in [0.25, 0.3) is 0 Å². The van der Waals surface area contributed by atoms with Gasteiger partial charge in [0, 0.05) is 0 Å². The first kappa shape index (κ1) is 13.8. The summed E-state index contributed by atoms with van der Waals surface area (Å²) in [5.41, 5.74) is 2.35. The topological polar surface area (TPSA) is 0 Å². The third kappa shape index (κ3) is 4.25. The van der Waals surface area contributed by atoms with Crippen molar-refractivity contribution in [3.8, 4) is 0 Å². The fourth-order valence-corrected chi connectivity index (χ4v) is 1.67. The zero-order valence-corrected chi connectivity index (χ0v) is 10.4. The highest BCUT2D eigenvalue weighted by atomic mass is 19.4. The standard InChI is InChI=1S/C14H17F3/c1-10(2)5-4-6-12-7-8-13(9-11(12)3)14(15,16)17/h5,7-9H,4,6H2,1-3H3. The van der Waals surface area contributed by atoms with Gasteiger partial charge in [-0.1, -0.05) is 17.7 Å². The average Bonchev–Trinajstić information content (AvgIpc) is 2.18. The largest absolute Gasteiger partial charge is 0.416 e. The Morgan fingerprint density at radius 3 is 2.35 bits per heavy atom. The second kappa shape index (κ2) is 5.39. The van der Waals surface area contributed by atoms with E-state index >= 15 is 0 Å². The first-order chi connectivity index (χ1) is 7.80. The van der Waals surface area contributed by atoms with Crippen molar-refractivity contribution in [2.24, 2.45) is 0 Å². The van der Waals surface area contributed by atoms with Crippen LogP contribution in [0.1, 0.15) is 37.0 Å². The van der Waals surface area contributed by atoms with Gasteiger partial charge in [-0.25, -0.2) is 0 Å². The van der Waals surface area contributed by atoms with Crippen LogP contribution in [-0.4, -0.2) is 0 Å². The highest BCUT2D eigenvalue weighted by Crippen LogP contribution is 2.30. The Bertz CT molecular complexity index is 410. The van der Waals surface area contributed by atoms with E-state index < -0.39 is 11.7 Å². The van der Waals surface area contributed by atoms with E-state index in [1.54, 1.807) is 13.0 Å². The van der Waals surface area contributed by atoms with Crippen LogP contribution in [0.3, 0.4) is 0 Å². The third-order valence-electron chi connectivity index (χ3n) is 2.64. The molecule has 0 aliphatic rings. The van der Waals surface area contributed by atoms with E-state index in [4.69, 9.17) is 0 Å². The number of alkyl halides is 3. The number of aryl methyl sites for hydroxylation is 2. The number of halogens is 3. The molecule has 0 bridgehead atoms. The molecule has 0 heterocycles. The Labute approximate surface area is 100 Å². The second-order valence-electron chi connectivity index (χ2n) is 4.46. The molecule has 0 amide bonds. The van der Waals surface area contributed by atoms with Gasteiger partial charge in [-0.05, 0) is 56.9 Å². The fraction of sp³-hybridized carbons (Fsp3) is 0.429. The second-order valence-corrected chi connectivity index (χ2v) is 4.46. The Morgan fingerprint density at radius 1 is 1.24 bits per heavy atom. The van der Waals surface area contributed by atoms with Crippen molar-refractivity contribution >= 4 is 0 Å². The quantitative estimate of drug-likeness (QED) is 0.660. The SMILES string of the molecule is CC(C)=CCCc1ccc(C(F)(F)F)cc1C.